The standard InChI is InChI=1S/C13H21N5O3/c1-8(2)18-5-4-17(7-10(18)11(19)14-3)12(20)9-6-15-13(21)16-9/h6,8,10H,4-5,7H2,1-3H3,(H,14,19)(H2,15,16,21). The largest absolute Gasteiger partial charge is 0.358 e. The number of hydrogen-bond acceptors (Lipinski definition) is 4. The van der Waals surface area contributed by atoms with Crippen molar-refractivity contribution in [3.63, 3.8) is 0 Å². The molecule has 0 radical (unpaired) electrons. The van der Waals surface area contributed by atoms with Crippen LogP contribution in [0, 0.1) is 0 Å². The maximum Gasteiger partial charge on any atom is 0.323 e. The van der Waals surface area contributed by atoms with Gasteiger partial charge in [0.15, 0.2) is 0 Å². The summed E-state index contributed by atoms with van der Waals surface area (Å²) in [5.74, 6) is -0.380. The third-order valence-corrected chi connectivity index (χ3v) is 3.75. The molecule has 1 aromatic rings. The van der Waals surface area contributed by atoms with E-state index >= 15 is 0 Å². The topological polar surface area (TPSA) is 101 Å². The van der Waals surface area contributed by atoms with Gasteiger partial charge >= 0.3 is 5.69 Å². The van der Waals surface area contributed by atoms with Crippen molar-refractivity contribution < 1.29 is 9.59 Å². The molecule has 1 fully saturated rings. The Hall–Kier alpha value is -2.09. The van der Waals surface area contributed by atoms with Crippen molar-refractivity contribution in [2.75, 3.05) is 26.7 Å². The first-order valence-electron chi connectivity index (χ1n) is 6.98. The van der Waals surface area contributed by atoms with E-state index in [0.29, 0.717) is 19.6 Å². The van der Waals surface area contributed by atoms with Crippen LogP contribution in [0.15, 0.2) is 11.0 Å². The minimum absolute atomic E-state index is 0.108. The summed E-state index contributed by atoms with van der Waals surface area (Å²) in [5.41, 5.74) is -0.198. The van der Waals surface area contributed by atoms with Gasteiger partial charge in [-0.15, -0.1) is 0 Å². The molecule has 0 saturated carbocycles. The van der Waals surface area contributed by atoms with Gasteiger partial charge in [0.05, 0.1) is 0 Å². The summed E-state index contributed by atoms with van der Waals surface area (Å²) in [4.78, 5) is 44.0. The molecule has 3 N–H and O–H groups in total. The molecule has 1 saturated heterocycles. The van der Waals surface area contributed by atoms with E-state index in [1.165, 1.54) is 6.20 Å². The minimum atomic E-state index is -0.415. The number of carbonyl (C=O) groups is 2. The van der Waals surface area contributed by atoms with Crippen LogP contribution in [0.3, 0.4) is 0 Å². The van der Waals surface area contributed by atoms with E-state index in [1.807, 2.05) is 13.8 Å². The Kier molecular flexibility index (Phi) is 4.46. The van der Waals surface area contributed by atoms with Gasteiger partial charge in [0.25, 0.3) is 5.91 Å². The highest BCUT2D eigenvalue weighted by molar-refractivity contribution is 5.93. The molecule has 1 aliphatic rings. The molecular formula is C13H21N5O3. The Morgan fingerprint density at radius 1 is 1.38 bits per heavy atom. The van der Waals surface area contributed by atoms with Crippen LogP contribution in [-0.2, 0) is 4.79 Å². The predicted molar refractivity (Wildman–Crippen MR) is 77.0 cm³/mol. The van der Waals surface area contributed by atoms with Crippen LogP contribution >= 0.6 is 0 Å². The number of aromatic nitrogens is 2. The first-order valence-corrected chi connectivity index (χ1v) is 6.98. The smallest absolute Gasteiger partial charge is 0.323 e. The highest BCUT2D eigenvalue weighted by Gasteiger charge is 2.35. The van der Waals surface area contributed by atoms with E-state index < -0.39 is 5.69 Å². The molecule has 2 rings (SSSR count). The van der Waals surface area contributed by atoms with Gasteiger partial charge in [-0.25, -0.2) is 4.79 Å². The molecular weight excluding hydrogens is 274 g/mol. The molecule has 0 spiro atoms. The number of H-pyrrole nitrogens is 2. The molecule has 0 aromatic carbocycles. The van der Waals surface area contributed by atoms with Gasteiger partial charge in [-0.1, -0.05) is 0 Å². The van der Waals surface area contributed by atoms with Gasteiger partial charge in [0.1, 0.15) is 11.7 Å². The summed E-state index contributed by atoms with van der Waals surface area (Å²) in [6.45, 7) is 5.51. The number of nitrogens with one attached hydrogen (secondary N) is 3. The number of nitrogens with zero attached hydrogens (tertiary/aromatic N) is 2. The van der Waals surface area contributed by atoms with Crippen LogP contribution in [0.4, 0.5) is 0 Å². The lowest BCUT2D eigenvalue weighted by Gasteiger charge is -2.42. The van der Waals surface area contributed by atoms with Gasteiger partial charge in [-0.05, 0) is 13.8 Å². The lowest BCUT2D eigenvalue weighted by Crippen LogP contribution is -2.61. The second-order valence-corrected chi connectivity index (χ2v) is 5.37. The third kappa shape index (κ3) is 3.15. The van der Waals surface area contributed by atoms with Crippen molar-refractivity contribution in [1.82, 2.24) is 25.1 Å². The lowest BCUT2D eigenvalue weighted by atomic mass is 10.1. The fourth-order valence-electron chi connectivity index (χ4n) is 2.62. The van der Waals surface area contributed by atoms with Gasteiger partial charge < -0.3 is 20.2 Å². The normalized spacial score (nSPS) is 19.8. The first-order chi connectivity index (χ1) is 9.93. The molecule has 21 heavy (non-hydrogen) atoms. The second-order valence-electron chi connectivity index (χ2n) is 5.37. The van der Waals surface area contributed by atoms with Crippen molar-refractivity contribution in [3.05, 3.63) is 22.4 Å². The number of piperazine rings is 1. The van der Waals surface area contributed by atoms with E-state index in [1.54, 1.807) is 11.9 Å². The van der Waals surface area contributed by atoms with Crippen LogP contribution in [-0.4, -0.2) is 70.3 Å². The molecule has 2 amide bonds. The molecule has 1 atom stereocenters. The van der Waals surface area contributed by atoms with Gasteiger partial charge in [-0.3, -0.25) is 14.5 Å². The zero-order chi connectivity index (χ0) is 15.6. The zero-order valence-electron chi connectivity index (χ0n) is 12.5. The molecule has 8 nitrogen and oxygen atoms in total. The van der Waals surface area contributed by atoms with Crippen molar-refractivity contribution >= 4 is 11.8 Å². The van der Waals surface area contributed by atoms with E-state index in [2.05, 4.69) is 20.2 Å². The Balaban J connectivity index is 2.15. The fraction of sp³-hybridized carbons (Fsp3) is 0.615. The number of imidazole rings is 1. The van der Waals surface area contributed by atoms with Crippen molar-refractivity contribution in [1.29, 1.82) is 0 Å². The third-order valence-electron chi connectivity index (χ3n) is 3.75. The number of rotatable bonds is 3. The number of likely N-dealkylation sites (N-methyl/N-ethyl adjacent to an activating group) is 1. The van der Waals surface area contributed by atoms with Gasteiger partial charge in [-0.2, -0.15) is 0 Å². The summed E-state index contributed by atoms with van der Waals surface area (Å²) >= 11 is 0. The molecule has 2 heterocycles. The SMILES string of the molecule is CNC(=O)C1CN(C(=O)c2c[nH]c(=O)[nH]2)CCN1C(C)C. The van der Waals surface area contributed by atoms with E-state index in [9.17, 15) is 14.4 Å². The predicted octanol–water partition coefficient (Wildman–Crippen LogP) is -1.02. The summed E-state index contributed by atoms with van der Waals surface area (Å²) in [6.07, 6.45) is 1.36. The van der Waals surface area contributed by atoms with Crippen LogP contribution in [0.2, 0.25) is 0 Å². The quantitative estimate of drug-likeness (QED) is 0.664. The first kappa shape index (κ1) is 15.3. The molecule has 1 aromatic heterocycles. The van der Waals surface area contributed by atoms with Crippen LogP contribution < -0.4 is 11.0 Å². The molecule has 1 unspecified atom stereocenters. The van der Waals surface area contributed by atoms with E-state index in [-0.39, 0.29) is 29.6 Å². The summed E-state index contributed by atoms with van der Waals surface area (Å²) in [7, 11) is 1.59. The van der Waals surface area contributed by atoms with Gasteiger partial charge in [0.2, 0.25) is 5.91 Å². The van der Waals surface area contributed by atoms with Crippen molar-refractivity contribution in [2.45, 2.75) is 25.9 Å². The van der Waals surface area contributed by atoms with Crippen LogP contribution in [0.5, 0.6) is 0 Å². The lowest BCUT2D eigenvalue weighted by molar-refractivity contribution is -0.128. The maximum atomic E-state index is 12.3. The maximum absolute atomic E-state index is 12.3. The van der Waals surface area contributed by atoms with Gasteiger partial charge in [0, 0.05) is 38.9 Å². The highest BCUT2D eigenvalue weighted by atomic mass is 16.2. The molecule has 0 aliphatic carbocycles. The van der Waals surface area contributed by atoms with E-state index in [4.69, 9.17) is 0 Å². The number of hydrogen-bond donors (Lipinski definition) is 3. The number of amides is 2. The Morgan fingerprint density at radius 3 is 2.62 bits per heavy atom. The minimum Gasteiger partial charge on any atom is -0.358 e. The Bertz CT molecular complexity index is 576. The zero-order valence-corrected chi connectivity index (χ0v) is 12.5. The Morgan fingerprint density at radius 2 is 2.10 bits per heavy atom. The van der Waals surface area contributed by atoms with Crippen molar-refractivity contribution in [2.24, 2.45) is 0 Å². The number of aromatic amines is 2. The van der Waals surface area contributed by atoms with E-state index in [0.717, 1.165) is 0 Å². The van der Waals surface area contributed by atoms with Crippen LogP contribution in [0.25, 0.3) is 0 Å². The number of carbonyl (C=O) groups excluding carboxylic acids is 2. The van der Waals surface area contributed by atoms with Crippen LogP contribution in [0.1, 0.15) is 24.3 Å². The fourth-order valence-corrected chi connectivity index (χ4v) is 2.62. The average molecular weight is 295 g/mol. The molecule has 0 bridgehead atoms. The molecule has 8 heteroatoms. The summed E-state index contributed by atoms with van der Waals surface area (Å²) in [5, 5.41) is 2.64. The monoisotopic (exact) mass is 295 g/mol. The Labute approximate surface area is 122 Å². The highest BCUT2D eigenvalue weighted by Crippen LogP contribution is 2.15. The molecule has 1 aliphatic heterocycles. The second kappa shape index (κ2) is 6.13. The average Bonchev–Trinajstić information content (AvgIpc) is 2.91. The summed E-state index contributed by atoms with van der Waals surface area (Å²) in [6, 6.07) is -0.157. The molecule has 116 valence electrons. The van der Waals surface area contributed by atoms with Crippen molar-refractivity contribution in [3.8, 4) is 0 Å². The summed E-state index contributed by atoms with van der Waals surface area (Å²) < 4.78 is 0.